The van der Waals surface area contributed by atoms with Gasteiger partial charge in [-0.25, -0.2) is 4.98 Å². The normalized spacial score (nSPS) is 16.1. The number of halogens is 2. The summed E-state index contributed by atoms with van der Waals surface area (Å²) in [5.41, 5.74) is 2.24. The number of aromatic nitrogens is 4. The standard InChI is InChI=1S/C17H19F2N5O/c18-15(19)17-23-22-16(25-17)11-6-7-24-10-13(21-14(24)8-11)9-20-12-4-2-1-3-5-12/h6-8,10,12,15,20H,1-5,9H2. The molecule has 0 aliphatic heterocycles. The number of rotatable bonds is 5. The van der Waals surface area contributed by atoms with Gasteiger partial charge in [-0.3, -0.25) is 0 Å². The Morgan fingerprint density at radius 1 is 1.24 bits per heavy atom. The lowest BCUT2D eigenvalue weighted by atomic mass is 9.95. The van der Waals surface area contributed by atoms with Gasteiger partial charge in [0.05, 0.1) is 5.69 Å². The molecule has 1 aliphatic carbocycles. The summed E-state index contributed by atoms with van der Waals surface area (Å²) >= 11 is 0. The summed E-state index contributed by atoms with van der Waals surface area (Å²) in [6.45, 7) is 0.720. The van der Waals surface area contributed by atoms with Gasteiger partial charge in [0.2, 0.25) is 5.89 Å². The lowest BCUT2D eigenvalue weighted by Crippen LogP contribution is -2.30. The largest absolute Gasteiger partial charge is 0.415 e. The van der Waals surface area contributed by atoms with Gasteiger partial charge in [-0.15, -0.1) is 10.2 Å². The molecule has 0 spiro atoms. The molecule has 1 fully saturated rings. The molecule has 1 N–H and O–H groups in total. The van der Waals surface area contributed by atoms with Crippen molar-refractivity contribution in [2.75, 3.05) is 0 Å². The average Bonchev–Trinajstić information content (AvgIpc) is 3.27. The van der Waals surface area contributed by atoms with Crippen LogP contribution in [0, 0.1) is 0 Å². The van der Waals surface area contributed by atoms with E-state index in [0.29, 0.717) is 11.6 Å². The van der Waals surface area contributed by atoms with Crippen LogP contribution >= 0.6 is 0 Å². The molecule has 0 aromatic carbocycles. The predicted octanol–water partition coefficient (Wildman–Crippen LogP) is 3.74. The van der Waals surface area contributed by atoms with Crippen LogP contribution in [0.5, 0.6) is 0 Å². The van der Waals surface area contributed by atoms with E-state index in [4.69, 9.17) is 4.42 Å². The van der Waals surface area contributed by atoms with Gasteiger partial charge in [-0.1, -0.05) is 19.3 Å². The maximum Gasteiger partial charge on any atom is 0.314 e. The van der Waals surface area contributed by atoms with E-state index in [1.165, 1.54) is 32.1 Å². The molecule has 0 saturated heterocycles. The summed E-state index contributed by atoms with van der Waals surface area (Å²) in [6, 6.07) is 4.07. The van der Waals surface area contributed by atoms with E-state index in [0.717, 1.165) is 17.9 Å². The van der Waals surface area contributed by atoms with Crippen LogP contribution in [0.1, 0.15) is 50.1 Å². The van der Waals surface area contributed by atoms with Crippen LogP contribution in [-0.4, -0.2) is 25.6 Å². The number of nitrogens with zero attached hydrogens (tertiary/aromatic N) is 4. The molecular formula is C17H19F2N5O. The molecule has 0 radical (unpaired) electrons. The van der Waals surface area contributed by atoms with Crippen molar-refractivity contribution in [2.45, 2.75) is 51.1 Å². The molecule has 6 nitrogen and oxygen atoms in total. The lowest BCUT2D eigenvalue weighted by molar-refractivity contribution is 0.116. The topological polar surface area (TPSA) is 68.2 Å². The highest BCUT2D eigenvalue weighted by Gasteiger charge is 2.17. The predicted molar refractivity (Wildman–Crippen MR) is 87.2 cm³/mol. The van der Waals surface area contributed by atoms with Crippen molar-refractivity contribution in [1.82, 2.24) is 24.9 Å². The highest BCUT2D eigenvalue weighted by atomic mass is 19.3. The van der Waals surface area contributed by atoms with E-state index in [2.05, 4.69) is 20.5 Å². The summed E-state index contributed by atoms with van der Waals surface area (Å²) in [4.78, 5) is 4.59. The Bertz CT molecular complexity index is 854. The first-order valence-electron chi connectivity index (χ1n) is 8.52. The van der Waals surface area contributed by atoms with Gasteiger partial charge in [0.15, 0.2) is 0 Å². The fourth-order valence-electron chi connectivity index (χ4n) is 3.25. The van der Waals surface area contributed by atoms with Crippen molar-refractivity contribution in [2.24, 2.45) is 0 Å². The van der Waals surface area contributed by atoms with E-state index in [9.17, 15) is 8.78 Å². The van der Waals surface area contributed by atoms with Gasteiger partial charge < -0.3 is 14.1 Å². The quantitative estimate of drug-likeness (QED) is 0.761. The number of alkyl halides is 2. The van der Waals surface area contributed by atoms with Crippen molar-refractivity contribution < 1.29 is 13.2 Å². The number of hydrogen-bond acceptors (Lipinski definition) is 5. The zero-order chi connectivity index (χ0) is 17.2. The molecule has 3 aromatic heterocycles. The molecule has 0 atom stereocenters. The second kappa shape index (κ2) is 6.87. The van der Waals surface area contributed by atoms with Gasteiger partial charge in [0.25, 0.3) is 5.89 Å². The van der Waals surface area contributed by atoms with E-state index >= 15 is 0 Å². The molecule has 1 saturated carbocycles. The second-order valence-electron chi connectivity index (χ2n) is 6.38. The maximum absolute atomic E-state index is 12.6. The zero-order valence-corrected chi connectivity index (χ0v) is 13.7. The summed E-state index contributed by atoms with van der Waals surface area (Å²) in [5.74, 6) is -0.599. The van der Waals surface area contributed by atoms with E-state index in [1.54, 1.807) is 12.1 Å². The average molecular weight is 347 g/mol. The van der Waals surface area contributed by atoms with Crippen LogP contribution in [-0.2, 0) is 6.54 Å². The Labute approximate surface area is 143 Å². The molecule has 3 heterocycles. The monoisotopic (exact) mass is 347 g/mol. The molecule has 3 aromatic rings. The second-order valence-corrected chi connectivity index (χ2v) is 6.38. The first-order chi connectivity index (χ1) is 12.2. The van der Waals surface area contributed by atoms with Crippen molar-refractivity contribution in [3.63, 3.8) is 0 Å². The summed E-state index contributed by atoms with van der Waals surface area (Å²) < 4.78 is 32.0. The fourth-order valence-corrected chi connectivity index (χ4v) is 3.25. The number of fused-ring (bicyclic) bond motifs is 1. The molecule has 4 rings (SSSR count). The highest BCUT2D eigenvalue weighted by molar-refractivity contribution is 5.59. The van der Waals surface area contributed by atoms with Crippen molar-refractivity contribution in [3.8, 4) is 11.5 Å². The lowest BCUT2D eigenvalue weighted by Gasteiger charge is -2.22. The SMILES string of the molecule is FC(F)c1nnc(-c2ccn3cc(CNC4CCCCC4)nc3c2)o1. The highest BCUT2D eigenvalue weighted by Crippen LogP contribution is 2.24. The van der Waals surface area contributed by atoms with E-state index in [1.807, 2.05) is 16.8 Å². The molecule has 8 heteroatoms. The minimum Gasteiger partial charge on any atom is -0.415 e. The van der Waals surface area contributed by atoms with Crippen molar-refractivity contribution >= 4 is 5.65 Å². The minimum absolute atomic E-state index is 0.0719. The van der Waals surface area contributed by atoms with Crippen LogP contribution in [0.2, 0.25) is 0 Å². The van der Waals surface area contributed by atoms with Crippen molar-refractivity contribution in [1.29, 1.82) is 0 Å². The van der Waals surface area contributed by atoms with Gasteiger partial charge in [0.1, 0.15) is 5.65 Å². The first kappa shape index (κ1) is 16.1. The molecule has 25 heavy (non-hydrogen) atoms. The molecule has 0 amide bonds. The Morgan fingerprint density at radius 2 is 2.08 bits per heavy atom. The number of pyridine rings is 1. The number of nitrogens with one attached hydrogen (secondary N) is 1. The van der Waals surface area contributed by atoms with Crippen LogP contribution in [0.4, 0.5) is 8.78 Å². The van der Waals surface area contributed by atoms with Gasteiger partial charge in [0, 0.05) is 30.5 Å². The molecule has 1 aliphatic rings. The van der Waals surface area contributed by atoms with E-state index in [-0.39, 0.29) is 5.89 Å². The Balaban J connectivity index is 1.50. The summed E-state index contributed by atoms with van der Waals surface area (Å²) in [5, 5.41) is 10.6. The third-order valence-corrected chi connectivity index (χ3v) is 4.56. The maximum atomic E-state index is 12.6. The third kappa shape index (κ3) is 3.53. The Hall–Kier alpha value is -2.35. The first-order valence-corrected chi connectivity index (χ1v) is 8.52. The van der Waals surface area contributed by atoms with Gasteiger partial charge >= 0.3 is 6.43 Å². The molecule has 0 bridgehead atoms. The minimum atomic E-state index is -2.77. The number of imidazole rings is 1. The fraction of sp³-hybridized carbons (Fsp3) is 0.471. The third-order valence-electron chi connectivity index (χ3n) is 4.56. The van der Waals surface area contributed by atoms with Crippen LogP contribution < -0.4 is 5.32 Å². The molecule has 0 unspecified atom stereocenters. The van der Waals surface area contributed by atoms with Crippen LogP contribution in [0.3, 0.4) is 0 Å². The van der Waals surface area contributed by atoms with Crippen molar-refractivity contribution in [3.05, 3.63) is 36.1 Å². The molecular weight excluding hydrogens is 328 g/mol. The molecule has 132 valence electrons. The Morgan fingerprint density at radius 3 is 2.84 bits per heavy atom. The summed E-state index contributed by atoms with van der Waals surface area (Å²) in [7, 11) is 0. The van der Waals surface area contributed by atoms with Gasteiger partial charge in [-0.05, 0) is 25.0 Å². The van der Waals surface area contributed by atoms with Crippen LogP contribution in [0.25, 0.3) is 17.1 Å². The van der Waals surface area contributed by atoms with Crippen LogP contribution in [0.15, 0.2) is 28.9 Å². The zero-order valence-electron chi connectivity index (χ0n) is 13.7. The number of hydrogen-bond donors (Lipinski definition) is 1. The van der Waals surface area contributed by atoms with E-state index < -0.39 is 12.3 Å². The summed E-state index contributed by atoms with van der Waals surface area (Å²) in [6.07, 6.45) is 7.37. The smallest absolute Gasteiger partial charge is 0.314 e. The van der Waals surface area contributed by atoms with Gasteiger partial charge in [-0.2, -0.15) is 8.78 Å². The Kier molecular flexibility index (Phi) is 4.44.